The molecule has 0 saturated heterocycles. The average molecular weight is 374 g/mol. The van der Waals surface area contributed by atoms with Gasteiger partial charge < -0.3 is 5.32 Å². The van der Waals surface area contributed by atoms with E-state index in [2.05, 4.69) is 34.2 Å². The predicted molar refractivity (Wildman–Crippen MR) is 87.9 cm³/mol. The molecule has 2 rings (SSSR count). The Morgan fingerprint density at radius 3 is 2.43 bits per heavy atom. The van der Waals surface area contributed by atoms with E-state index < -0.39 is 11.6 Å². The summed E-state index contributed by atoms with van der Waals surface area (Å²) in [5.74, 6) is -1.03. The van der Waals surface area contributed by atoms with Crippen molar-refractivity contribution >= 4 is 27.3 Å². The Labute approximate surface area is 136 Å². The molecule has 21 heavy (non-hydrogen) atoms. The van der Waals surface area contributed by atoms with Gasteiger partial charge in [0.15, 0.2) is 0 Å². The molecule has 1 aromatic heterocycles. The van der Waals surface area contributed by atoms with Gasteiger partial charge in [-0.25, -0.2) is 8.78 Å². The van der Waals surface area contributed by atoms with Gasteiger partial charge in [-0.05, 0) is 65.5 Å². The molecule has 0 amide bonds. The van der Waals surface area contributed by atoms with Crippen LogP contribution in [0.3, 0.4) is 0 Å². The standard InChI is InChI=1S/C16H18BrF2NS/c1-2-3-20-15(9-16-7-12(17)10-21-16)6-11-4-13(18)8-14(19)5-11/h4-5,7-8,10,15,20H,2-3,6,9H2,1H3. The molecule has 1 N–H and O–H groups in total. The van der Waals surface area contributed by atoms with Crippen molar-refractivity contribution in [2.75, 3.05) is 6.54 Å². The minimum atomic E-state index is -0.516. The first kappa shape index (κ1) is 16.6. The van der Waals surface area contributed by atoms with Crippen molar-refractivity contribution in [1.29, 1.82) is 0 Å². The number of rotatable bonds is 7. The monoisotopic (exact) mass is 373 g/mol. The van der Waals surface area contributed by atoms with E-state index in [0.717, 1.165) is 29.9 Å². The Bertz CT molecular complexity index is 565. The number of hydrogen-bond donors (Lipinski definition) is 1. The van der Waals surface area contributed by atoms with E-state index in [1.165, 1.54) is 17.0 Å². The lowest BCUT2D eigenvalue weighted by atomic mass is 10.0. The second-order valence-corrected chi connectivity index (χ2v) is 6.98. The van der Waals surface area contributed by atoms with Crippen LogP contribution in [0.4, 0.5) is 8.78 Å². The molecular formula is C16H18BrF2NS. The highest BCUT2D eigenvalue weighted by molar-refractivity contribution is 9.10. The number of hydrogen-bond acceptors (Lipinski definition) is 2. The number of halogens is 3. The molecule has 0 aliphatic heterocycles. The van der Waals surface area contributed by atoms with Crippen molar-refractivity contribution in [3.05, 3.63) is 56.2 Å². The van der Waals surface area contributed by atoms with Crippen LogP contribution in [0.5, 0.6) is 0 Å². The second kappa shape index (κ2) is 8.01. The summed E-state index contributed by atoms with van der Waals surface area (Å²) in [5, 5.41) is 5.51. The zero-order chi connectivity index (χ0) is 15.2. The predicted octanol–water partition coefficient (Wildman–Crippen LogP) is 4.94. The second-order valence-electron chi connectivity index (χ2n) is 5.07. The Balaban J connectivity index is 2.07. The fourth-order valence-electron chi connectivity index (χ4n) is 2.28. The lowest BCUT2D eigenvalue weighted by Crippen LogP contribution is -2.33. The quantitative estimate of drug-likeness (QED) is 0.724. The smallest absolute Gasteiger partial charge is 0.126 e. The van der Waals surface area contributed by atoms with E-state index in [1.54, 1.807) is 11.3 Å². The summed E-state index contributed by atoms with van der Waals surface area (Å²) in [7, 11) is 0. The molecule has 1 aromatic carbocycles. The number of thiophene rings is 1. The van der Waals surface area contributed by atoms with Gasteiger partial charge in [-0.15, -0.1) is 11.3 Å². The molecule has 0 aliphatic carbocycles. The van der Waals surface area contributed by atoms with Crippen LogP contribution in [0.1, 0.15) is 23.8 Å². The first-order valence-electron chi connectivity index (χ1n) is 6.98. The van der Waals surface area contributed by atoms with Crippen molar-refractivity contribution in [3.63, 3.8) is 0 Å². The average Bonchev–Trinajstić information content (AvgIpc) is 2.80. The first-order chi connectivity index (χ1) is 10.1. The van der Waals surface area contributed by atoms with Gasteiger partial charge in [-0.3, -0.25) is 0 Å². The lowest BCUT2D eigenvalue weighted by Gasteiger charge is -2.18. The fourth-order valence-corrected chi connectivity index (χ4v) is 3.81. The topological polar surface area (TPSA) is 12.0 Å². The third kappa shape index (κ3) is 5.49. The third-order valence-corrected chi connectivity index (χ3v) is 4.88. The van der Waals surface area contributed by atoms with Gasteiger partial charge in [0.2, 0.25) is 0 Å². The van der Waals surface area contributed by atoms with E-state index >= 15 is 0 Å². The van der Waals surface area contributed by atoms with Crippen LogP contribution in [-0.4, -0.2) is 12.6 Å². The highest BCUT2D eigenvalue weighted by Crippen LogP contribution is 2.22. The minimum absolute atomic E-state index is 0.177. The summed E-state index contributed by atoms with van der Waals surface area (Å²) in [5.41, 5.74) is 0.691. The molecule has 0 saturated carbocycles. The van der Waals surface area contributed by atoms with Gasteiger partial charge in [0.1, 0.15) is 11.6 Å². The fraction of sp³-hybridized carbons (Fsp3) is 0.375. The molecular weight excluding hydrogens is 356 g/mol. The molecule has 0 spiro atoms. The highest BCUT2D eigenvalue weighted by atomic mass is 79.9. The van der Waals surface area contributed by atoms with Crippen LogP contribution >= 0.6 is 27.3 Å². The van der Waals surface area contributed by atoms with Gasteiger partial charge in [-0.1, -0.05) is 6.92 Å². The van der Waals surface area contributed by atoms with Crippen molar-refractivity contribution in [1.82, 2.24) is 5.32 Å². The van der Waals surface area contributed by atoms with Crippen LogP contribution < -0.4 is 5.32 Å². The minimum Gasteiger partial charge on any atom is -0.313 e. The Morgan fingerprint density at radius 2 is 1.86 bits per heavy atom. The molecule has 5 heteroatoms. The summed E-state index contributed by atoms with van der Waals surface area (Å²) >= 11 is 5.14. The van der Waals surface area contributed by atoms with Crippen LogP contribution in [0.15, 0.2) is 34.1 Å². The summed E-state index contributed by atoms with van der Waals surface area (Å²) in [6, 6.07) is 6.00. The van der Waals surface area contributed by atoms with Crippen molar-refractivity contribution < 1.29 is 8.78 Å². The van der Waals surface area contributed by atoms with E-state index in [1.807, 2.05) is 5.38 Å². The van der Waals surface area contributed by atoms with E-state index in [4.69, 9.17) is 0 Å². The van der Waals surface area contributed by atoms with E-state index in [9.17, 15) is 8.78 Å². The molecule has 1 nitrogen and oxygen atoms in total. The maximum Gasteiger partial charge on any atom is 0.126 e. The normalized spacial score (nSPS) is 12.6. The molecule has 114 valence electrons. The Hall–Kier alpha value is -0.780. The van der Waals surface area contributed by atoms with E-state index in [-0.39, 0.29) is 6.04 Å². The summed E-state index contributed by atoms with van der Waals surface area (Å²) < 4.78 is 27.7. The van der Waals surface area contributed by atoms with Gasteiger partial charge >= 0.3 is 0 Å². The molecule has 2 aromatic rings. The Kier molecular flexibility index (Phi) is 6.33. The van der Waals surface area contributed by atoms with Gasteiger partial charge in [0.05, 0.1) is 0 Å². The zero-order valence-electron chi connectivity index (χ0n) is 11.8. The van der Waals surface area contributed by atoms with Crippen LogP contribution in [0, 0.1) is 11.6 Å². The van der Waals surface area contributed by atoms with Crippen molar-refractivity contribution in [3.8, 4) is 0 Å². The van der Waals surface area contributed by atoms with Gasteiger partial charge in [-0.2, -0.15) is 0 Å². The molecule has 0 fully saturated rings. The Morgan fingerprint density at radius 1 is 1.14 bits per heavy atom. The molecule has 1 heterocycles. The lowest BCUT2D eigenvalue weighted by molar-refractivity contribution is 0.503. The van der Waals surface area contributed by atoms with Crippen molar-refractivity contribution in [2.24, 2.45) is 0 Å². The maximum atomic E-state index is 13.3. The van der Waals surface area contributed by atoms with Crippen LogP contribution in [0.2, 0.25) is 0 Å². The molecule has 0 bridgehead atoms. The summed E-state index contributed by atoms with van der Waals surface area (Å²) in [6.07, 6.45) is 2.50. The molecule has 1 unspecified atom stereocenters. The van der Waals surface area contributed by atoms with Crippen LogP contribution in [-0.2, 0) is 12.8 Å². The molecule has 1 atom stereocenters. The van der Waals surface area contributed by atoms with Crippen molar-refractivity contribution in [2.45, 2.75) is 32.2 Å². The van der Waals surface area contributed by atoms with Crippen LogP contribution in [0.25, 0.3) is 0 Å². The highest BCUT2D eigenvalue weighted by Gasteiger charge is 2.13. The van der Waals surface area contributed by atoms with Gasteiger partial charge in [0, 0.05) is 26.8 Å². The molecule has 0 aliphatic rings. The maximum absolute atomic E-state index is 13.3. The zero-order valence-corrected chi connectivity index (χ0v) is 14.2. The van der Waals surface area contributed by atoms with Gasteiger partial charge in [0.25, 0.3) is 0 Å². The SMILES string of the molecule is CCCNC(Cc1cc(F)cc(F)c1)Cc1cc(Br)cs1. The third-order valence-electron chi connectivity index (χ3n) is 3.16. The summed E-state index contributed by atoms with van der Waals surface area (Å²) in [6.45, 7) is 3.00. The summed E-state index contributed by atoms with van der Waals surface area (Å²) in [4.78, 5) is 1.26. The number of nitrogens with one attached hydrogen (secondary N) is 1. The molecule has 0 radical (unpaired) electrons. The number of benzene rings is 1. The first-order valence-corrected chi connectivity index (χ1v) is 8.65. The largest absolute Gasteiger partial charge is 0.313 e. The van der Waals surface area contributed by atoms with E-state index in [0.29, 0.717) is 12.0 Å².